The molecular weight excluding hydrogens is 278 g/mol. The Bertz CT molecular complexity index is 598. The number of aromatic nitrogens is 2. The van der Waals surface area contributed by atoms with E-state index in [2.05, 4.69) is 14.9 Å². The summed E-state index contributed by atoms with van der Waals surface area (Å²) in [7, 11) is 3.44. The lowest BCUT2D eigenvalue weighted by atomic mass is 10.2. The predicted octanol–water partition coefficient (Wildman–Crippen LogP) is 2.37. The number of benzene rings is 1. The van der Waals surface area contributed by atoms with Gasteiger partial charge in [0.2, 0.25) is 0 Å². The smallest absolute Gasteiger partial charge is 0.159 e. The molecule has 1 fully saturated rings. The first-order valence-corrected chi connectivity index (χ1v) is 7.49. The van der Waals surface area contributed by atoms with Crippen molar-refractivity contribution in [3.05, 3.63) is 42.2 Å². The SMILES string of the molecule is COc1ccc(-c2ncc(CN3CC[C@@H](OC)C3)cn2)cc1. The lowest BCUT2D eigenvalue weighted by Gasteiger charge is -2.15. The van der Waals surface area contributed by atoms with Crippen molar-refractivity contribution in [2.45, 2.75) is 19.1 Å². The van der Waals surface area contributed by atoms with Gasteiger partial charge in [-0.3, -0.25) is 4.90 Å². The van der Waals surface area contributed by atoms with E-state index >= 15 is 0 Å². The van der Waals surface area contributed by atoms with Crippen molar-refractivity contribution in [1.82, 2.24) is 14.9 Å². The van der Waals surface area contributed by atoms with Crippen LogP contribution < -0.4 is 4.74 Å². The minimum absolute atomic E-state index is 0.361. The minimum atomic E-state index is 0.361. The molecule has 1 saturated heterocycles. The van der Waals surface area contributed by atoms with Crippen LogP contribution in [0.5, 0.6) is 5.75 Å². The first kappa shape index (κ1) is 14.9. The van der Waals surface area contributed by atoms with Crippen molar-refractivity contribution < 1.29 is 9.47 Å². The number of nitrogens with zero attached hydrogens (tertiary/aromatic N) is 3. The van der Waals surface area contributed by atoms with E-state index < -0.39 is 0 Å². The highest BCUT2D eigenvalue weighted by Gasteiger charge is 2.21. The maximum Gasteiger partial charge on any atom is 0.159 e. The van der Waals surface area contributed by atoms with Crippen molar-refractivity contribution >= 4 is 0 Å². The summed E-state index contributed by atoms with van der Waals surface area (Å²) in [5, 5.41) is 0. The molecule has 5 heteroatoms. The Balaban J connectivity index is 1.64. The molecule has 0 saturated carbocycles. The van der Waals surface area contributed by atoms with E-state index in [0.29, 0.717) is 6.10 Å². The van der Waals surface area contributed by atoms with E-state index in [1.54, 1.807) is 14.2 Å². The molecule has 22 heavy (non-hydrogen) atoms. The van der Waals surface area contributed by atoms with E-state index in [9.17, 15) is 0 Å². The van der Waals surface area contributed by atoms with Crippen LogP contribution in [0.25, 0.3) is 11.4 Å². The molecular formula is C17H21N3O2. The number of ether oxygens (including phenoxy) is 2. The summed E-state index contributed by atoms with van der Waals surface area (Å²) >= 11 is 0. The standard InChI is InChI=1S/C17H21N3O2/c1-21-15-5-3-14(4-6-15)17-18-9-13(10-19-17)11-20-8-7-16(12-20)22-2/h3-6,9-10,16H,7-8,11-12H2,1-2H3/t16-/m1/s1. The molecule has 0 radical (unpaired) electrons. The third kappa shape index (κ3) is 3.43. The third-order valence-electron chi connectivity index (χ3n) is 4.02. The lowest BCUT2D eigenvalue weighted by molar-refractivity contribution is 0.107. The summed E-state index contributed by atoms with van der Waals surface area (Å²) in [5.74, 6) is 1.57. The minimum Gasteiger partial charge on any atom is -0.497 e. The van der Waals surface area contributed by atoms with Crippen LogP contribution in [0.15, 0.2) is 36.7 Å². The molecule has 0 bridgehead atoms. The highest BCUT2D eigenvalue weighted by Crippen LogP contribution is 2.19. The Hall–Kier alpha value is -1.98. The van der Waals surface area contributed by atoms with Gasteiger partial charge in [0.25, 0.3) is 0 Å². The van der Waals surface area contributed by atoms with Gasteiger partial charge in [0.1, 0.15) is 5.75 Å². The molecule has 1 atom stereocenters. The summed E-state index contributed by atoms with van der Waals surface area (Å²) in [6.07, 6.45) is 5.28. The van der Waals surface area contributed by atoms with Crippen LogP contribution in [0, 0.1) is 0 Å². The van der Waals surface area contributed by atoms with Gasteiger partial charge >= 0.3 is 0 Å². The fraction of sp³-hybridized carbons (Fsp3) is 0.412. The van der Waals surface area contributed by atoms with Crippen molar-refractivity contribution in [2.75, 3.05) is 27.3 Å². The van der Waals surface area contributed by atoms with Crippen LogP contribution >= 0.6 is 0 Å². The van der Waals surface area contributed by atoms with Gasteiger partial charge in [-0.15, -0.1) is 0 Å². The summed E-state index contributed by atoms with van der Waals surface area (Å²) in [4.78, 5) is 11.3. The van der Waals surface area contributed by atoms with Gasteiger partial charge in [0, 0.05) is 50.3 Å². The largest absolute Gasteiger partial charge is 0.497 e. The Kier molecular flexibility index (Phi) is 4.65. The molecule has 2 heterocycles. The number of hydrogen-bond donors (Lipinski definition) is 0. The van der Waals surface area contributed by atoms with E-state index in [4.69, 9.17) is 9.47 Å². The van der Waals surface area contributed by atoms with Gasteiger partial charge in [-0.2, -0.15) is 0 Å². The first-order valence-electron chi connectivity index (χ1n) is 7.49. The Morgan fingerprint density at radius 2 is 1.86 bits per heavy atom. The van der Waals surface area contributed by atoms with Gasteiger partial charge in [0.15, 0.2) is 5.82 Å². The van der Waals surface area contributed by atoms with Gasteiger partial charge in [-0.05, 0) is 30.7 Å². The predicted molar refractivity (Wildman–Crippen MR) is 84.7 cm³/mol. The van der Waals surface area contributed by atoms with Crippen molar-refractivity contribution in [1.29, 1.82) is 0 Å². The van der Waals surface area contributed by atoms with Crippen LogP contribution in [0.4, 0.5) is 0 Å². The molecule has 0 spiro atoms. The number of hydrogen-bond acceptors (Lipinski definition) is 5. The summed E-state index contributed by atoms with van der Waals surface area (Å²) < 4.78 is 10.6. The summed E-state index contributed by atoms with van der Waals surface area (Å²) in [5.41, 5.74) is 2.13. The Morgan fingerprint density at radius 3 is 2.45 bits per heavy atom. The summed E-state index contributed by atoms with van der Waals surface area (Å²) in [6.45, 7) is 2.93. The van der Waals surface area contributed by atoms with Crippen LogP contribution in [-0.2, 0) is 11.3 Å². The Labute approximate surface area is 130 Å². The second-order valence-corrected chi connectivity index (χ2v) is 5.52. The van der Waals surface area contributed by atoms with Crippen LogP contribution in [0.3, 0.4) is 0 Å². The third-order valence-corrected chi connectivity index (χ3v) is 4.02. The van der Waals surface area contributed by atoms with E-state index in [0.717, 1.165) is 48.8 Å². The fourth-order valence-electron chi connectivity index (χ4n) is 2.72. The quantitative estimate of drug-likeness (QED) is 0.848. The highest BCUT2D eigenvalue weighted by atomic mass is 16.5. The normalized spacial score (nSPS) is 18.5. The zero-order valence-electron chi connectivity index (χ0n) is 13.0. The second kappa shape index (κ2) is 6.85. The molecule has 0 unspecified atom stereocenters. The molecule has 2 aromatic rings. The molecule has 1 aromatic carbocycles. The molecule has 0 N–H and O–H groups in total. The van der Waals surface area contributed by atoms with E-state index in [1.165, 1.54) is 0 Å². The van der Waals surface area contributed by atoms with Crippen molar-refractivity contribution in [2.24, 2.45) is 0 Å². The van der Waals surface area contributed by atoms with Crippen LogP contribution in [-0.4, -0.2) is 48.3 Å². The van der Waals surface area contributed by atoms with Gasteiger partial charge in [-0.25, -0.2) is 9.97 Å². The summed E-state index contributed by atoms with van der Waals surface area (Å²) in [6, 6.07) is 7.78. The number of likely N-dealkylation sites (tertiary alicyclic amines) is 1. The van der Waals surface area contributed by atoms with Gasteiger partial charge in [0.05, 0.1) is 13.2 Å². The molecule has 1 aromatic heterocycles. The molecule has 116 valence electrons. The average Bonchev–Trinajstić information content (AvgIpc) is 3.03. The number of methoxy groups -OCH3 is 2. The van der Waals surface area contributed by atoms with Crippen molar-refractivity contribution in [3.8, 4) is 17.1 Å². The molecule has 5 nitrogen and oxygen atoms in total. The Morgan fingerprint density at radius 1 is 1.14 bits per heavy atom. The molecule has 3 rings (SSSR count). The molecule has 1 aliphatic heterocycles. The molecule has 0 amide bonds. The monoisotopic (exact) mass is 299 g/mol. The maximum absolute atomic E-state index is 5.39. The second-order valence-electron chi connectivity index (χ2n) is 5.52. The van der Waals surface area contributed by atoms with Gasteiger partial charge < -0.3 is 9.47 Å². The molecule has 0 aliphatic carbocycles. The molecule has 1 aliphatic rings. The van der Waals surface area contributed by atoms with Crippen LogP contribution in [0.1, 0.15) is 12.0 Å². The maximum atomic E-state index is 5.39. The van der Waals surface area contributed by atoms with E-state index in [1.807, 2.05) is 36.7 Å². The topological polar surface area (TPSA) is 47.5 Å². The zero-order chi connectivity index (χ0) is 15.4. The highest BCUT2D eigenvalue weighted by molar-refractivity contribution is 5.55. The van der Waals surface area contributed by atoms with Gasteiger partial charge in [-0.1, -0.05) is 0 Å². The van der Waals surface area contributed by atoms with Crippen LogP contribution in [0.2, 0.25) is 0 Å². The average molecular weight is 299 g/mol. The lowest BCUT2D eigenvalue weighted by Crippen LogP contribution is -2.22. The number of rotatable bonds is 5. The zero-order valence-corrected chi connectivity index (χ0v) is 13.0. The first-order chi connectivity index (χ1) is 10.8. The van der Waals surface area contributed by atoms with Crippen molar-refractivity contribution in [3.63, 3.8) is 0 Å². The fourth-order valence-corrected chi connectivity index (χ4v) is 2.72. The van der Waals surface area contributed by atoms with E-state index in [-0.39, 0.29) is 0 Å².